The molecule has 0 radical (unpaired) electrons. The zero-order chi connectivity index (χ0) is 10.0. The van der Waals surface area contributed by atoms with Crippen molar-refractivity contribution in [2.24, 2.45) is 5.84 Å². The topological polar surface area (TPSA) is 72.9 Å². The maximum absolute atomic E-state index is 11.1. The minimum Gasteiger partial charge on any atom is -0.292 e. The molecule has 0 fully saturated rings. The Labute approximate surface area is 84.4 Å². The van der Waals surface area contributed by atoms with Crippen molar-refractivity contribution in [1.29, 1.82) is 0 Å². The first kappa shape index (κ1) is 10.2. The molecule has 1 aromatic heterocycles. The van der Waals surface area contributed by atoms with E-state index < -0.39 is 6.04 Å². The maximum Gasteiger partial charge on any atom is 0.258 e. The van der Waals surface area contributed by atoms with Gasteiger partial charge in [0.05, 0.1) is 10.2 Å². The van der Waals surface area contributed by atoms with Crippen molar-refractivity contribution in [2.75, 3.05) is 0 Å². The molecular formula is C7H11BrN4O. The molecule has 3 N–H and O–H groups in total. The first-order chi connectivity index (χ1) is 6.06. The standard InChI is InChI=1S/C7H11BrN4O/c1-4-6(8)3-12(11-4)5(2)7(13)10-9/h3,5H,9H2,1-2H3,(H,10,13)/t5-/m0/s1. The van der Waals surface area contributed by atoms with Crippen molar-refractivity contribution < 1.29 is 4.79 Å². The average molecular weight is 247 g/mol. The van der Waals surface area contributed by atoms with Crippen LogP contribution >= 0.6 is 15.9 Å². The van der Waals surface area contributed by atoms with Crippen LogP contribution in [0, 0.1) is 6.92 Å². The van der Waals surface area contributed by atoms with Crippen LogP contribution in [0.25, 0.3) is 0 Å². The molecule has 0 spiro atoms. The van der Waals surface area contributed by atoms with Crippen LogP contribution in [0.5, 0.6) is 0 Å². The second-order valence-corrected chi connectivity index (χ2v) is 3.58. The Balaban J connectivity index is 2.89. The summed E-state index contributed by atoms with van der Waals surface area (Å²) in [4.78, 5) is 11.1. The summed E-state index contributed by atoms with van der Waals surface area (Å²) in [6.07, 6.45) is 1.75. The molecule has 0 unspecified atom stereocenters. The van der Waals surface area contributed by atoms with E-state index in [1.165, 1.54) is 0 Å². The third kappa shape index (κ3) is 2.07. The lowest BCUT2D eigenvalue weighted by Crippen LogP contribution is -2.36. The molecule has 72 valence electrons. The predicted octanol–water partition coefficient (Wildman–Crippen LogP) is 0.505. The van der Waals surface area contributed by atoms with Crippen LogP contribution in [-0.4, -0.2) is 15.7 Å². The number of nitrogens with one attached hydrogen (secondary N) is 1. The molecule has 1 amide bonds. The summed E-state index contributed by atoms with van der Waals surface area (Å²) in [5, 5.41) is 4.13. The van der Waals surface area contributed by atoms with Crippen LogP contribution in [0.4, 0.5) is 0 Å². The number of hydrogen-bond acceptors (Lipinski definition) is 3. The van der Waals surface area contributed by atoms with Crippen molar-refractivity contribution in [3.05, 3.63) is 16.4 Å². The van der Waals surface area contributed by atoms with Crippen molar-refractivity contribution >= 4 is 21.8 Å². The highest BCUT2D eigenvalue weighted by molar-refractivity contribution is 9.10. The second kappa shape index (κ2) is 3.89. The first-order valence-corrected chi connectivity index (χ1v) is 4.57. The lowest BCUT2D eigenvalue weighted by Gasteiger charge is -2.09. The van der Waals surface area contributed by atoms with E-state index in [0.29, 0.717) is 0 Å². The highest BCUT2D eigenvalue weighted by Crippen LogP contribution is 2.16. The molecule has 0 aliphatic carbocycles. The van der Waals surface area contributed by atoms with Gasteiger partial charge >= 0.3 is 0 Å². The Morgan fingerprint density at radius 1 is 1.85 bits per heavy atom. The number of amides is 1. The molecular weight excluding hydrogens is 236 g/mol. The number of hydrogen-bond donors (Lipinski definition) is 2. The molecule has 0 saturated carbocycles. The summed E-state index contributed by atoms with van der Waals surface area (Å²) in [7, 11) is 0. The van der Waals surface area contributed by atoms with Crippen LogP contribution in [0.3, 0.4) is 0 Å². The van der Waals surface area contributed by atoms with Crippen molar-refractivity contribution in [3.8, 4) is 0 Å². The first-order valence-electron chi connectivity index (χ1n) is 3.78. The van der Waals surface area contributed by atoms with Gasteiger partial charge in [-0.15, -0.1) is 0 Å². The summed E-state index contributed by atoms with van der Waals surface area (Å²) in [6, 6.07) is -0.394. The monoisotopic (exact) mass is 246 g/mol. The number of nitrogens with two attached hydrogens (primary N) is 1. The van der Waals surface area contributed by atoms with E-state index >= 15 is 0 Å². The fourth-order valence-corrected chi connectivity index (χ4v) is 1.19. The van der Waals surface area contributed by atoms with E-state index in [-0.39, 0.29) is 5.91 Å². The zero-order valence-corrected chi connectivity index (χ0v) is 9.00. The van der Waals surface area contributed by atoms with E-state index in [0.717, 1.165) is 10.2 Å². The Hall–Kier alpha value is -0.880. The van der Waals surface area contributed by atoms with E-state index in [4.69, 9.17) is 5.84 Å². The van der Waals surface area contributed by atoms with Gasteiger partial charge in [-0.05, 0) is 29.8 Å². The summed E-state index contributed by atoms with van der Waals surface area (Å²) in [5.41, 5.74) is 2.92. The third-order valence-corrected chi connectivity index (χ3v) is 2.55. The molecule has 1 heterocycles. The van der Waals surface area contributed by atoms with Crippen LogP contribution in [0.2, 0.25) is 0 Å². The van der Waals surface area contributed by atoms with Gasteiger partial charge in [0.15, 0.2) is 0 Å². The Kier molecular flexibility index (Phi) is 3.05. The van der Waals surface area contributed by atoms with E-state index in [1.807, 2.05) is 6.92 Å². The van der Waals surface area contributed by atoms with E-state index in [9.17, 15) is 4.79 Å². The van der Waals surface area contributed by atoms with Gasteiger partial charge in [-0.25, -0.2) is 5.84 Å². The zero-order valence-electron chi connectivity index (χ0n) is 7.41. The number of aryl methyl sites for hydroxylation is 1. The molecule has 0 aromatic carbocycles. The molecule has 5 nitrogen and oxygen atoms in total. The molecule has 0 aliphatic rings. The number of aromatic nitrogens is 2. The highest BCUT2D eigenvalue weighted by Gasteiger charge is 2.15. The SMILES string of the molecule is Cc1nn([C@@H](C)C(=O)NN)cc1Br. The summed E-state index contributed by atoms with van der Waals surface area (Å²) in [5.74, 6) is 4.73. The number of hydrazine groups is 1. The highest BCUT2D eigenvalue weighted by atomic mass is 79.9. The van der Waals surface area contributed by atoms with Crippen LogP contribution < -0.4 is 11.3 Å². The Morgan fingerprint density at radius 3 is 2.85 bits per heavy atom. The van der Waals surface area contributed by atoms with Crippen LogP contribution in [-0.2, 0) is 4.79 Å². The van der Waals surface area contributed by atoms with Gasteiger partial charge in [-0.1, -0.05) is 0 Å². The van der Waals surface area contributed by atoms with Gasteiger partial charge in [-0.3, -0.25) is 14.9 Å². The lowest BCUT2D eigenvalue weighted by molar-refractivity contribution is -0.124. The molecule has 13 heavy (non-hydrogen) atoms. The van der Waals surface area contributed by atoms with Gasteiger partial charge in [-0.2, -0.15) is 5.10 Å². The molecule has 6 heteroatoms. The summed E-state index contributed by atoms with van der Waals surface area (Å²) in [6.45, 7) is 3.58. The van der Waals surface area contributed by atoms with Crippen molar-refractivity contribution in [3.63, 3.8) is 0 Å². The smallest absolute Gasteiger partial charge is 0.258 e. The van der Waals surface area contributed by atoms with Gasteiger partial charge in [0.1, 0.15) is 6.04 Å². The average Bonchev–Trinajstić information content (AvgIpc) is 2.44. The minimum absolute atomic E-state index is 0.269. The third-order valence-electron chi connectivity index (χ3n) is 1.78. The largest absolute Gasteiger partial charge is 0.292 e. The maximum atomic E-state index is 11.1. The summed E-state index contributed by atoms with van der Waals surface area (Å²) >= 11 is 3.31. The molecule has 1 atom stereocenters. The Bertz CT molecular complexity index is 303. The van der Waals surface area contributed by atoms with Gasteiger partial charge in [0, 0.05) is 6.20 Å². The predicted molar refractivity (Wildman–Crippen MR) is 51.7 cm³/mol. The molecule has 0 saturated heterocycles. The fraction of sp³-hybridized carbons (Fsp3) is 0.429. The number of rotatable bonds is 2. The Morgan fingerprint density at radius 2 is 2.46 bits per heavy atom. The van der Waals surface area contributed by atoms with Crippen molar-refractivity contribution in [1.82, 2.24) is 15.2 Å². The lowest BCUT2D eigenvalue weighted by atomic mass is 10.3. The van der Waals surface area contributed by atoms with Gasteiger partial charge < -0.3 is 0 Å². The van der Waals surface area contributed by atoms with E-state index in [1.54, 1.807) is 17.8 Å². The molecule has 0 bridgehead atoms. The van der Waals surface area contributed by atoms with Crippen LogP contribution in [0.1, 0.15) is 18.7 Å². The number of carbonyl (C=O) groups excluding carboxylic acids is 1. The molecule has 1 rings (SSSR count). The quantitative estimate of drug-likeness (QED) is 0.454. The molecule has 1 aromatic rings. The van der Waals surface area contributed by atoms with Gasteiger partial charge in [0.25, 0.3) is 5.91 Å². The minimum atomic E-state index is -0.394. The van der Waals surface area contributed by atoms with Gasteiger partial charge in [0.2, 0.25) is 0 Å². The second-order valence-electron chi connectivity index (χ2n) is 2.73. The number of halogens is 1. The fourth-order valence-electron chi connectivity index (χ4n) is 0.899. The summed E-state index contributed by atoms with van der Waals surface area (Å²) < 4.78 is 2.44. The molecule has 0 aliphatic heterocycles. The normalized spacial score (nSPS) is 12.6. The van der Waals surface area contributed by atoms with E-state index in [2.05, 4.69) is 26.5 Å². The van der Waals surface area contributed by atoms with Crippen LogP contribution in [0.15, 0.2) is 10.7 Å². The van der Waals surface area contributed by atoms with Crippen molar-refractivity contribution in [2.45, 2.75) is 19.9 Å². The number of nitrogens with zero attached hydrogens (tertiary/aromatic N) is 2. The number of carbonyl (C=O) groups is 1.